The van der Waals surface area contributed by atoms with Gasteiger partial charge in [0.2, 0.25) is 0 Å². The molecule has 1 aliphatic heterocycles. The summed E-state index contributed by atoms with van der Waals surface area (Å²) in [6, 6.07) is 3.61. The maximum atomic E-state index is 11.3. The topological polar surface area (TPSA) is 54.5 Å². The lowest BCUT2D eigenvalue weighted by molar-refractivity contribution is 0.0600. The van der Waals surface area contributed by atoms with Gasteiger partial charge in [0.25, 0.3) is 0 Å². The summed E-state index contributed by atoms with van der Waals surface area (Å²) in [5.41, 5.74) is 1.43. The molecule has 0 aromatic carbocycles. The highest BCUT2D eigenvalue weighted by Crippen LogP contribution is 2.07. The van der Waals surface area contributed by atoms with Crippen molar-refractivity contribution in [2.45, 2.75) is 25.8 Å². The average Bonchev–Trinajstić information content (AvgIpc) is 2.52. The standard InChI is InChI=1S/C15H23N3O2/c1-20-15(19)13-5-6-14(17-11-13)12-16-7-10-18-8-3-2-4-9-18/h5-6,11,16H,2-4,7-10,12H2,1H3. The molecule has 1 N–H and O–H groups in total. The van der Waals surface area contributed by atoms with E-state index in [9.17, 15) is 4.79 Å². The average molecular weight is 277 g/mol. The number of hydrogen-bond donors (Lipinski definition) is 1. The molecule has 0 atom stereocenters. The number of likely N-dealkylation sites (tertiary alicyclic amines) is 1. The maximum absolute atomic E-state index is 11.3. The molecule has 1 fully saturated rings. The number of pyridine rings is 1. The van der Waals surface area contributed by atoms with E-state index in [1.165, 1.54) is 39.5 Å². The van der Waals surface area contributed by atoms with Gasteiger partial charge in [-0.15, -0.1) is 0 Å². The minimum absolute atomic E-state index is 0.345. The fourth-order valence-electron chi connectivity index (χ4n) is 2.40. The lowest BCUT2D eigenvalue weighted by Crippen LogP contribution is -2.35. The van der Waals surface area contributed by atoms with Gasteiger partial charge in [-0.05, 0) is 38.1 Å². The second kappa shape index (κ2) is 7.97. The first-order chi connectivity index (χ1) is 9.79. The predicted molar refractivity (Wildman–Crippen MR) is 77.6 cm³/mol. The maximum Gasteiger partial charge on any atom is 0.339 e. The van der Waals surface area contributed by atoms with Crippen molar-refractivity contribution in [3.05, 3.63) is 29.6 Å². The van der Waals surface area contributed by atoms with Crippen molar-refractivity contribution in [3.63, 3.8) is 0 Å². The SMILES string of the molecule is COC(=O)c1ccc(CNCCN2CCCCC2)nc1. The Morgan fingerprint density at radius 2 is 2.15 bits per heavy atom. The number of carbonyl (C=O) groups excluding carboxylic acids is 1. The van der Waals surface area contributed by atoms with Crippen molar-refractivity contribution in [1.29, 1.82) is 0 Å². The Hall–Kier alpha value is -1.46. The highest BCUT2D eigenvalue weighted by Gasteiger charge is 2.09. The van der Waals surface area contributed by atoms with Crippen molar-refractivity contribution in [3.8, 4) is 0 Å². The van der Waals surface area contributed by atoms with Crippen LogP contribution in [0.5, 0.6) is 0 Å². The normalized spacial score (nSPS) is 16.1. The van der Waals surface area contributed by atoms with Gasteiger partial charge in [0, 0.05) is 25.8 Å². The van der Waals surface area contributed by atoms with E-state index in [4.69, 9.17) is 0 Å². The predicted octanol–water partition coefficient (Wildman–Crippen LogP) is 1.44. The third-order valence-corrected chi connectivity index (χ3v) is 3.61. The van der Waals surface area contributed by atoms with E-state index in [1.54, 1.807) is 12.3 Å². The van der Waals surface area contributed by atoms with Gasteiger partial charge in [-0.2, -0.15) is 0 Å². The monoisotopic (exact) mass is 277 g/mol. The Bertz CT molecular complexity index is 414. The largest absolute Gasteiger partial charge is 0.465 e. The molecule has 1 saturated heterocycles. The summed E-state index contributed by atoms with van der Waals surface area (Å²) in [5, 5.41) is 3.39. The van der Waals surface area contributed by atoms with E-state index in [1.807, 2.05) is 6.07 Å². The number of aromatic nitrogens is 1. The van der Waals surface area contributed by atoms with Crippen LogP contribution in [0.1, 0.15) is 35.3 Å². The number of piperidine rings is 1. The van der Waals surface area contributed by atoms with Crippen LogP contribution in [0.25, 0.3) is 0 Å². The summed E-state index contributed by atoms with van der Waals surface area (Å²) in [4.78, 5) is 18.0. The summed E-state index contributed by atoms with van der Waals surface area (Å²) in [5.74, 6) is -0.345. The van der Waals surface area contributed by atoms with Crippen LogP contribution in [-0.2, 0) is 11.3 Å². The van der Waals surface area contributed by atoms with Crippen LogP contribution in [0.2, 0.25) is 0 Å². The molecule has 0 bridgehead atoms. The Kier molecular flexibility index (Phi) is 5.95. The Balaban J connectivity index is 1.67. The van der Waals surface area contributed by atoms with Crippen LogP contribution in [0.15, 0.2) is 18.3 Å². The number of nitrogens with zero attached hydrogens (tertiary/aromatic N) is 2. The second-order valence-corrected chi connectivity index (χ2v) is 5.11. The van der Waals surface area contributed by atoms with E-state index in [0.29, 0.717) is 5.56 Å². The summed E-state index contributed by atoms with van der Waals surface area (Å²) in [6.45, 7) is 5.26. The fourth-order valence-corrected chi connectivity index (χ4v) is 2.40. The molecule has 0 spiro atoms. The highest BCUT2D eigenvalue weighted by molar-refractivity contribution is 5.88. The third kappa shape index (κ3) is 4.58. The number of methoxy groups -OCH3 is 1. The zero-order valence-corrected chi connectivity index (χ0v) is 12.1. The first kappa shape index (κ1) is 14.9. The fraction of sp³-hybridized carbons (Fsp3) is 0.600. The van der Waals surface area contributed by atoms with Gasteiger partial charge in [0.1, 0.15) is 0 Å². The minimum Gasteiger partial charge on any atom is -0.465 e. The van der Waals surface area contributed by atoms with Crippen LogP contribution in [0, 0.1) is 0 Å². The van der Waals surface area contributed by atoms with Crippen molar-refractivity contribution in [2.24, 2.45) is 0 Å². The highest BCUT2D eigenvalue weighted by atomic mass is 16.5. The van der Waals surface area contributed by atoms with Gasteiger partial charge >= 0.3 is 5.97 Å². The van der Waals surface area contributed by atoms with Crippen molar-refractivity contribution >= 4 is 5.97 Å². The summed E-state index contributed by atoms with van der Waals surface area (Å²) in [6.07, 6.45) is 5.60. The second-order valence-electron chi connectivity index (χ2n) is 5.11. The molecule has 5 heteroatoms. The molecule has 0 aliphatic carbocycles. The number of ether oxygens (including phenoxy) is 1. The summed E-state index contributed by atoms with van der Waals surface area (Å²) >= 11 is 0. The van der Waals surface area contributed by atoms with Gasteiger partial charge in [-0.25, -0.2) is 4.79 Å². The quantitative estimate of drug-likeness (QED) is 0.630. The van der Waals surface area contributed by atoms with Crippen LogP contribution in [-0.4, -0.2) is 49.1 Å². The van der Waals surface area contributed by atoms with E-state index < -0.39 is 0 Å². The Labute approximate surface area is 120 Å². The number of carbonyl (C=O) groups is 1. The van der Waals surface area contributed by atoms with Gasteiger partial charge in [-0.3, -0.25) is 4.98 Å². The first-order valence-electron chi connectivity index (χ1n) is 7.26. The minimum atomic E-state index is -0.345. The lowest BCUT2D eigenvalue weighted by atomic mass is 10.1. The zero-order chi connectivity index (χ0) is 14.2. The first-order valence-corrected chi connectivity index (χ1v) is 7.26. The van der Waals surface area contributed by atoms with E-state index in [0.717, 1.165) is 25.3 Å². The molecule has 0 saturated carbocycles. The lowest BCUT2D eigenvalue weighted by Gasteiger charge is -2.26. The van der Waals surface area contributed by atoms with E-state index in [2.05, 4.69) is 19.9 Å². The molecule has 110 valence electrons. The molecule has 0 unspecified atom stereocenters. The van der Waals surface area contributed by atoms with Crippen molar-refractivity contribution < 1.29 is 9.53 Å². The van der Waals surface area contributed by atoms with Gasteiger partial charge in [0.05, 0.1) is 18.4 Å². The molecule has 0 amide bonds. The molecule has 5 nitrogen and oxygen atoms in total. The molecule has 1 aromatic rings. The van der Waals surface area contributed by atoms with Crippen LogP contribution in [0.4, 0.5) is 0 Å². The van der Waals surface area contributed by atoms with Gasteiger partial charge in [-0.1, -0.05) is 6.42 Å². The molecule has 20 heavy (non-hydrogen) atoms. The van der Waals surface area contributed by atoms with Crippen LogP contribution < -0.4 is 5.32 Å². The molecule has 2 rings (SSSR count). The number of esters is 1. The van der Waals surface area contributed by atoms with E-state index >= 15 is 0 Å². The van der Waals surface area contributed by atoms with Crippen LogP contribution >= 0.6 is 0 Å². The van der Waals surface area contributed by atoms with Crippen molar-refractivity contribution in [1.82, 2.24) is 15.2 Å². The Morgan fingerprint density at radius 1 is 1.35 bits per heavy atom. The Morgan fingerprint density at radius 3 is 2.80 bits per heavy atom. The molecule has 1 aromatic heterocycles. The molecular weight excluding hydrogens is 254 g/mol. The number of hydrogen-bond acceptors (Lipinski definition) is 5. The van der Waals surface area contributed by atoms with Gasteiger partial charge < -0.3 is 15.0 Å². The smallest absolute Gasteiger partial charge is 0.339 e. The van der Waals surface area contributed by atoms with E-state index in [-0.39, 0.29) is 5.97 Å². The van der Waals surface area contributed by atoms with Crippen molar-refractivity contribution in [2.75, 3.05) is 33.3 Å². The number of rotatable bonds is 6. The molecule has 1 aliphatic rings. The van der Waals surface area contributed by atoms with Gasteiger partial charge in [0.15, 0.2) is 0 Å². The molecular formula is C15H23N3O2. The summed E-state index contributed by atoms with van der Waals surface area (Å²) < 4.78 is 4.64. The third-order valence-electron chi connectivity index (χ3n) is 3.61. The zero-order valence-electron chi connectivity index (χ0n) is 12.1. The molecule has 2 heterocycles. The van der Waals surface area contributed by atoms with Crippen LogP contribution in [0.3, 0.4) is 0 Å². The summed E-state index contributed by atoms with van der Waals surface area (Å²) in [7, 11) is 1.37. The molecule has 0 radical (unpaired) electrons. The number of nitrogens with one attached hydrogen (secondary N) is 1.